The van der Waals surface area contributed by atoms with Crippen molar-refractivity contribution in [2.45, 2.75) is 52.1 Å². The molecule has 0 N–H and O–H groups in total. The Hall–Kier alpha value is -1.05. The van der Waals surface area contributed by atoms with Crippen LogP contribution in [0.25, 0.3) is 0 Å². The highest BCUT2D eigenvalue weighted by Crippen LogP contribution is 2.51. The quantitative estimate of drug-likeness (QED) is 0.550. The summed E-state index contributed by atoms with van der Waals surface area (Å²) in [6, 6.07) is 0. The van der Waals surface area contributed by atoms with E-state index in [2.05, 4.69) is 19.6 Å². The Labute approximate surface area is 104 Å². The van der Waals surface area contributed by atoms with Crippen molar-refractivity contribution in [3.8, 4) is 0 Å². The van der Waals surface area contributed by atoms with E-state index in [1.807, 2.05) is 6.92 Å². The second kappa shape index (κ2) is 4.67. The van der Waals surface area contributed by atoms with Gasteiger partial charge in [0.25, 0.3) is 6.47 Å². The Kier molecular flexibility index (Phi) is 3.41. The second-order valence-corrected chi connectivity index (χ2v) is 5.78. The summed E-state index contributed by atoms with van der Waals surface area (Å²) in [7, 11) is 0. The fourth-order valence-corrected chi connectivity index (χ4v) is 3.38. The van der Waals surface area contributed by atoms with Gasteiger partial charge in [0, 0.05) is 0 Å². The molecule has 0 radical (unpaired) electrons. The summed E-state index contributed by atoms with van der Waals surface area (Å²) in [6.45, 7) is 9.12. The number of hydrogen-bond donors (Lipinski definition) is 0. The molecule has 0 heterocycles. The number of rotatable bonds is 3. The molecule has 2 heteroatoms. The molecule has 0 aliphatic heterocycles. The zero-order valence-electron chi connectivity index (χ0n) is 10.9. The van der Waals surface area contributed by atoms with Crippen molar-refractivity contribution in [1.29, 1.82) is 0 Å². The van der Waals surface area contributed by atoms with Gasteiger partial charge in [0.15, 0.2) is 0 Å². The average molecular weight is 234 g/mol. The van der Waals surface area contributed by atoms with Gasteiger partial charge in [0.1, 0.15) is 6.10 Å². The molecule has 1 fully saturated rings. The summed E-state index contributed by atoms with van der Waals surface area (Å²) in [5.74, 6) is 0.578. The van der Waals surface area contributed by atoms with E-state index in [0.29, 0.717) is 17.8 Å². The lowest BCUT2D eigenvalue weighted by Crippen LogP contribution is -2.36. The molecule has 2 aliphatic carbocycles. The number of fused-ring (bicyclic) bond motifs is 1. The maximum atomic E-state index is 10.4. The smallest absolute Gasteiger partial charge is 0.293 e. The van der Waals surface area contributed by atoms with E-state index < -0.39 is 0 Å². The highest BCUT2D eigenvalue weighted by Gasteiger charge is 2.41. The van der Waals surface area contributed by atoms with Crippen LogP contribution < -0.4 is 0 Å². The Morgan fingerprint density at radius 3 is 3.12 bits per heavy atom. The number of hydrogen-bond acceptors (Lipinski definition) is 2. The number of allylic oxidation sites excluding steroid dienone is 2. The zero-order chi connectivity index (χ0) is 12.5. The van der Waals surface area contributed by atoms with Gasteiger partial charge in [0.2, 0.25) is 0 Å². The van der Waals surface area contributed by atoms with E-state index in [1.54, 1.807) is 0 Å². The Morgan fingerprint density at radius 2 is 2.41 bits per heavy atom. The maximum Gasteiger partial charge on any atom is 0.293 e. The Bertz CT molecular complexity index is 356. The van der Waals surface area contributed by atoms with Crippen molar-refractivity contribution >= 4 is 6.47 Å². The molecule has 0 amide bonds. The van der Waals surface area contributed by atoms with Crippen molar-refractivity contribution in [3.63, 3.8) is 0 Å². The summed E-state index contributed by atoms with van der Waals surface area (Å²) in [5, 5.41) is 0. The Balaban J connectivity index is 2.16. The molecule has 0 bridgehead atoms. The van der Waals surface area contributed by atoms with Gasteiger partial charge in [-0.3, -0.25) is 4.79 Å². The van der Waals surface area contributed by atoms with Crippen molar-refractivity contribution in [1.82, 2.24) is 0 Å². The third kappa shape index (κ3) is 2.31. The van der Waals surface area contributed by atoms with E-state index >= 15 is 0 Å². The minimum absolute atomic E-state index is 0.0771. The highest BCUT2D eigenvalue weighted by molar-refractivity contribution is 5.39. The summed E-state index contributed by atoms with van der Waals surface area (Å²) < 4.78 is 5.05. The first-order valence-corrected chi connectivity index (χ1v) is 6.52. The van der Waals surface area contributed by atoms with Gasteiger partial charge < -0.3 is 4.74 Å². The SMILES string of the molecule is C=C1CCC[C@]2(C)CC=C(C(C)OC=O)C[C@@H]12. The molecule has 2 nitrogen and oxygen atoms in total. The normalized spacial score (nSPS) is 34.6. The molecule has 0 spiro atoms. The molecule has 94 valence electrons. The highest BCUT2D eigenvalue weighted by atomic mass is 16.5. The predicted molar refractivity (Wildman–Crippen MR) is 68.5 cm³/mol. The van der Waals surface area contributed by atoms with Crippen LogP contribution in [0.2, 0.25) is 0 Å². The van der Waals surface area contributed by atoms with Gasteiger partial charge in [-0.1, -0.05) is 25.2 Å². The minimum atomic E-state index is -0.0771. The van der Waals surface area contributed by atoms with E-state index in [0.717, 1.165) is 19.3 Å². The van der Waals surface area contributed by atoms with Crippen molar-refractivity contribution < 1.29 is 9.53 Å². The molecular formula is C15H22O2. The molecule has 0 saturated heterocycles. The summed E-state index contributed by atoms with van der Waals surface area (Å²) in [6.07, 6.45) is 8.05. The van der Waals surface area contributed by atoms with Crippen LogP contribution >= 0.6 is 0 Å². The monoisotopic (exact) mass is 234 g/mol. The van der Waals surface area contributed by atoms with Gasteiger partial charge in [-0.15, -0.1) is 0 Å². The standard InChI is InChI=1S/C15H22O2/c1-11-5-4-7-15(3)8-6-13(9-14(11)15)12(2)17-10-16/h6,10,12,14H,1,4-5,7-9H2,2-3H3/t12?,14-,15+/m0/s1. The fraction of sp³-hybridized carbons (Fsp3) is 0.667. The molecule has 2 rings (SSSR count). The van der Waals surface area contributed by atoms with Gasteiger partial charge in [-0.05, 0) is 55.9 Å². The second-order valence-electron chi connectivity index (χ2n) is 5.78. The molecule has 1 saturated carbocycles. The van der Waals surface area contributed by atoms with E-state index in [1.165, 1.54) is 24.0 Å². The number of ether oxygens (including phenoxy) is 1. The minimum Gasteiger partial charge on any atom is -0.460 e. The van der Waals surface area contributed by atoms with Crippen molar-refractivity contribution in [2.24, 2.45) is 11.3 Å². The molecule has 17 heavy (non-hydrogen) atoms. The fourth-order valence-electron chi connectivity index (χ4n) is 3.38. The molecule has 0 aromatic rings. The van der Waals surface area contributed by atoms with Gasteiger partial charge in [0.05, 0.1) is 0 Å². The lowest BCUT2D eigenvalue weighted by atomic mass is 9.59. The molecule has 3 atom stereocenters. The van der Waals surface area contributed by atoms with Crippen LogP contribution in [-0.4, -0.2) is 12.6 Å². The van der Waals surface area contributed by atoms with Gasteiger partial charge >= 0.3 is 0 Å². The first kappa shape index (κ1) is 12.4. The van der Waals surface area contributed by atoms with Crippen LogP contribution in [0.1, 0.15) is 46.0 Å². The third-order valence-corrected chi connectivity index (χ3v) is 4.63. The van der Waals surface area contributed by atoms with E-state index in [-0.39, 0.29) is 6.10 Å². The predicted octanol–water partition coefficient (Wildman–Crippen LogP) is 3.63. The van der Waals surface area contributed by atoms with Crippen molar-refractivity contribution in [2.75, 3.05) is 0 Å². The molecule has 0 aromatic heterocycles. The van der Waals surface area contributed by atoms with Crippen LogP contribution in [-0.2, 0) is 9.53 Å². The molecule has 1 unspecified atom stereocenters. The largest absolute Gasteiger partial charge is 0.460 e. The summed E-state index contributed by atoms with van der Waals surface area (Å²) >= 11 is 0. The molecular weight excluding hydrogens is 212 g/mol. The maximum absolute atomic E-state index is 10.4. The lowest BCUT2D eigenvalue weighted by molar-refractivity contribution is -0.131. The summed E-state index contributed by atoms with van der Waals surface area (Å²) in [4.78, 5) is 10.4. The zero-order valence-corrected chi connectivity index (χ0v) is 10.9. The van der Waals surface area contributed by atoms with E-state index in [9.17, 15) is 4.79 Å². The van der Waals surface area contributed by atoms with Crippen LogP contribution in [0.4, 0.5) is 0 Å². The van der Waals surface area contributed by atoms with Crippen LogP contribution in [0, 0.1) is 11.3 Å². The molecule has 0 aromatic carbocycles. The lowest BCUT2D eigenvalue weighted by Gasteiger charge is -2.46. The topological polar surface area (TPSA) is 26.3 Å². The summed E-state index contributed by atoms with van der Waals surface area (Å²) in [5.41, 5.74) is 3.05. The van der Waals surface area contributed by atoms with Crippen LogP contribution in [0.15, 0.2) is 23.8 Å². The van der Waals surface area contributed by atoms with Gasteiger partial charge in [-0.2, -0.15) is 0 Å². The van der Waals surface area contributed by atoms with E-state index in [4.69, 9.17) is 4.74 Å². The third-order valence-electron chi connectivity index (χ3n) is 4.63. The van der Waals surface area contributed by atoms with Crippen LogP contribution in [0.5, 0.6) is 0 Å². The number of carbonyl (C=O) groups excluding carboxylic acids is 1. The van der Waals surface area contributed by atoms with Gasteiger partial charge in [-0.25, -0.2) is 0 Å². The van der Waals surface area contributed by atoms with Crippen LogP contribution in [0.3, 0.4) is 0 Å². The Morgan fingerprint density at radius 1 is 1.65 bits per heavy atom. The van der Waals surface area contributed by atoms with Crippen molar-refractivity contribution in [3.05, 3.63) is 23.8 Å². The first-order chi connectivity index (χ1) is 8.07. The molecule has 2 aliphatic rings. The average Bonchev–Trinajstić information content (AvgIpc) is 2.29. The number of carbonyl (C=O) groups is 1. The first-order valence-electron chi connectivity index (χ1n) is 6.52.